The zero-order valence-electron chi connectivity index (χ0n) is 17.1. The van der Waals surface area contributed by atoms with E-state index in [1.807, 2.05) is 18.2 Å². The first kappa shape index (κ1) is 23.8. The molecule has 0 aliphatic rings. The smallest absolute Gasteiger partial charge is 0.138 e. The molecule has 0 aliphatic carbocycles. The van der Waals surface area contributed by atoms with Crippen LogP contribution >= 0.6 is 0 Å². The molecule has 0 saturated heterocycles. The van der Waals surface area contributed by atoms with Gasteiger partial charge in [-0.3, -0.25) is 0 Å². The third-order valence-electron chi connectivity index (χ3n) is 4.07. The van der Waals surface area contributed by atoms with Crippen LogP contribution in [0.4, 0.5) is 5.69 Å². The van der Waals surface area contributed by atoms with E-state index in [1.165, 1.54) is 51.4 Å². The predicted octanol–water partition coefficient (Wildman–Crippen LogP) is 6.40. The highest BCUT2D eigenvalue weighted by Gasteiger charge is 2.08. The van der Waals surface area contributed by atoms with E-state index in [4.69, 9.17) is 4.74 Å². The van der Waals surface area contributed by atoms with E-state index < -0.39 is 0 Å². The molecule has 0 amide bonds. The van der Waals surface area contributed by atoms with Gasteiger partial charge >= 0.3 is 0 Å². The summed E-state index contributed by atoms with van der Waals surface area (Å²) in [6.07, 6.45) is 9.65. The number of para-hydroxylation sites is 2. The topological polar surface area (TPSA) is 32.7 Å². The Morgan fingerprint density at radius 1 is 0.760 bits per heavy atom. The van der Waals surface area contributed by atoms with Crippen molar-refractivity contribution in [3.05, 3.63) is 24.3 Å². The molecule has 1 aromatic rings. The minimum atomic E-state index is 0.398. The molecule has 3 heteroatoms. The summed E-state index contributed by atoms with van der Waals surface area (Å²) in [5.41, 5.74) is 0.976. The van der Waals surface area contributed by atoms with Crippen LogP contribution in [-0.2, 0) is 4.74 Å². The standard InChI is InChI=1S/C14H23NO.C8H18O/c1-3-5-11-15(12-6-4-2)13-9-7-8-10-14(13)16;1-3-5-7-9-8-6-4-2/h7-10,16H,3-6,11-12H2,1-2H3;3-8H2,1-2H3. The highest BCUT2D eigenvalue weighted by Crippen LogP contribution is 2.26. The third kappa shape index (κ3) is 12.7. The summed E-state index contributed by atoms with van der Waals surface area (Å²) in [6.45, 7) is 12.7. The van der Waals surface area contributed by atoms with Gasteiger partial charge in [0.25, 0.3) is 0 Å². The second-order valence-corrected chi connectivity index (χ2v) is 6.50. The van der Waals surface area contributed by atoms with E-state index in [2.05, 4.69) is 32.6 Å². The van der Waals surface area contributed by atoms with Crippen molar-refractivity contribution in [2.24, 2.45) is 0 Å². The van der Waals surface area contributed by atoms with Gasteiger partial charge < -0.3 is 14.7 Å². The maximum atomic E-state index is 9.84. The number of ether oxygens (including phenoxy) is 1. The molecular weight excluding hydrogens is 310 g/mol. The largest absolute Gasteiger partial charge is 0.506 e. The van der Waals surface area contributed by atoms with E-state index >= 15 is 0 Å². The summed E-state index contributed by atoms with van der Waals surface area (Å²) in [7, 11) is 0. The average molecular weight is 352 g/mol. The molecule has 25 heavy (non-hydrogen) atoms. The number of rotatable bonds is 13. The van der Waals surface area contributed by atoms with Crippen LogP contribution in [0.15, 0.2) is 24.3 Å². The Hall–Kier alpha value is -1.22. The lowest BCUT2D eigenvalue weighted by atomic mass is 10.2. The number of hydrogen-bond acceptors (Lipinski definition) is 3. The molecule has 0 radical (unpaired) electrons. The third-order valence-corrected chi connectivity index (χ3v) is 4.07. The fourth-order valence-corrected chi connectivity index (χ4v) is 2.38. The Labute approximate surface area is 156 Å². The minimum Gasteiger partial charge on any atom is -0.506 e. The van der Waals surface area contributed by atoms with Crippen molar-refractivity contribution in [1.82, 2.24) is 0 Å². The highest BCUT2D eigenvalue weighted by molar-refractivity contribution is 5.57. The van der Waals surface area contributed by atoms with Gasteiger partial charge in [-0.25, -0.2) is 0 Å². The number of unbranched alkanes of at least 4 members (excludes halogenated alkanes) is 4. The summed E-state index contributed by atoms with van der Waals surface area (Å²) in [6, 6.07) is 7.62. The van der Waals surface area contributed by atoms with Gasteiger partial charge in [-0.2, -0.15) is 0 Å². The number of aromatic hydroxyl groups is 1. The number of benzene rings is 1. The number of phenolic OH excluding ortho intramolecular Hbond substituents is 1. The summed E-state index contributed by atoms with van der Waals surface area (Å²) in [4.78, 5) is 2.29. The van der Waals surface area contributed by atoms with Gasteiger partial charge in [0.15, 0.2) is 0 Å². The van der Waals surface area contributed by atoms with Crippen molar-refractivity contribution in [2.75, 3.05) is 31.2 Å². The second-order valence-electron chi connectivity index (χ2n) is 6.50. The van der Waals surface area contributed by atoms with E-state index in [0.29, 0.717) is 5.75 Å². The zero-order valence-corrected chi connectivity index (χ0v) is 17.1. The maximum absolute atomic E-state index is 9.84. The van der Waals surface area contributed by atoms with Crippen molar-refractivity contribution in [3.8, 4) is 5.75 Å². The number of nitrogens with zero attached hydrogens (tertiary/aromatic N) is 1. The number of hydrogen-bond donors (Lipinski definition) is 1. The van der Waals surface area contributed by atoms with Crippen LogP contribution in [-0.4, -0.2) is 31.4 Å². The first-order valence-electron chi connectivity index (χ1n) is 10.3. The van der Waals surface area contributed by atoms with Gasteiger partial charge in [0.2, 0.25) is 0 Å². The van der Waals surface area contributed by atoms with Crippen molar-refractivity contribution >= 4 is 5.69 Å². The van der Waals surface area contributed by atoms with Crippen molar-refractivity contribution < 1.29 is 9.84 Å². The van der Waals surface area contributed by atoms with Crippen LogP contribution in [0.1, 0.15) is 79.1 Å². The van der Waals surface area contributed by atoms with Crippen molar-refractivity contribution in [2.45, 2.75) is 79.1 Å². The van der Waals surface area contributed by atoms with Crippen LogP contribution < -0.4 is 4.90 Å². The Morgan fingerprint density at radius 2 is 1.24 bits per heavy atom. The van der Waals surface area contributed by atoms with E-state index in [-0.39, 0.29) is 0 Å². The molecule has 1 rings (SSSR count). The van der Waals surface area contributed by atoms with E-state index in [0.717, 1.165) is 32.0 Å². The first-order valence-corrected chi connectivity index (χ1v) is 10.3. The first-order chi connectivity index (χ1) is 12.2. The predicted molar refractivity (Wildman–Crippen MR) is 111 cm³/mol. The Kier molecular flexibility index (Phi) is 16.7. The van der Waals surface area contributed by atoms with Crippen LogP contribution in [0.5, 0.6) is 5.75 Å². The number of phenols is 1. The van der Waals surface area contributed by atoms with Gasteiger partial charge in [-0.15, -0.1) is 0 Å². The highest BCUT2D eigenvalue weighted by atomic mass is 16.5. The Balaban J connectivity index is 0.000000547. The van der Waals surface area contributed by atoms with Crippen molar-refractivity contribution in [3.63, 3.8) is 0 Å². The fourth-order valence-electron chi connectivity index (χ4n) is 2.38. The molecule has 0 spiro atoms. The Bertz CT molecular complexity index is 381. The van der Waals surface area contributed by atoms with Gasteiger partial charge in [-0.05, 0) is 37.8 Å². The van der Waals surface area contributed by atoms with Gasteiger partial charge in [0.05, 0.1) is 5.69 Å². The molecule has 0 saturated carbocycles. The van der Waals surface area contributed by atoms with Gasteiger partial charge in [-0.1, -0.05) is 65.5 Å². The second kappa shape index (κ2) is 17.6. The lowest BCUT2D eigenvalue weighted by molar-refractivity contribution is 0.128. The molecule has 0 aromatic heterocycles. The quantitative estimate of drug-likeness (QED) is 0.417. The average Bonchev–Trinajstić information content (AvgIpc) is 2.63. The van der Waals surface area contributed by atoms with E-state index in [9.17, 15) is 5.11 Å². The summed E-state index contributed by atoms with van der Waals surface area (Å²) < 4.78 is 5.31. The number of anilines is 1. The molecule has 1 N–H and O–H groups in total. The maximum Gasteiger partial charge on any atom is 0.138 e. The lowest BCUT2D eigenvalue weighted by Gasteiger charge is -2.25. The van der Waals surface area contributed by atoms with E-state index in [1.54, 1.807) is 6.07 Å². The molecule has 0 unspecified atom stereocenters. The summed E-state index contributed by atoms with van der Waals surface area (Å²) >= 11 is 0. The fraction of sp³-hybridized carbons (Fsp3) is 0.727. The van der Waals surface area contributed by atoms with Crippen LogP contribution in [0.2, 0.25) is 0 Å². The lowest BCUT2D eigenvalue weighted by Crippen LogP contribution is -2.25. The summed E-state index contributed by atoms with van der Waals surface area (Å²) in [5, 5.41) is 9.84. The van der Waals surface area contributed by atoms with Crippen molar-refractivity contribution in [1.29, 1.82) is 0 Å². The van der Waals surface area contributed by atoms with Crippen LogP contribution in [0, 0.1) is 0 Å². The molecule has 0 bridgehead atoms. The van der Waals surface area contributed by atoms with Gasteiger partial charge in [0.1, 0.15) is 5.75 Å². The molecule has 1 aromatic carbocycles. The molecule has 3 nitrogen and oxygen atoms in total. The zero-order chi connectivity index (χ0) is 18.8. The molecule has 0 heterocycles. The molecule has 146 valence electrons. The molecule has 0 aliphatic heterocycles. The molecule has 0 fully saturated rings. The summed E-state index contributed by atoms with van der Waals surface area (Å²) in [5.74, 6) is 0.398. The minimum absolute atomic E-state index is 0.398. The van der Waals surface area contributed by atoms with Crippen LogP contribution in [0.25, 0.3) is 0 Å². The normalized spacial score (nSPS) is 10.2. The Morgan fingerprint density at radius 3 is 1.68 bits per heavy atom. The molecular formula is C22H41NO2. The monoisotopic (exact) mass is 351 g/mol. The molecule has 0 atom stereocenters. The van der Waals surface area contributed by atoms with Gasteiger partial charge in [0, 0.05) is 26.3 Å². The SMILES string of the molecule is CCCCN(CCCC)c1ccccc1O.CCCCOCCCC. The van der Waals surface area contributed by atoms with Crippen LogP contribution in [0.3, 0.4) is 0 Å².